The van der Waals surface area contributed by atoms with Gasteiger partial charge in [-0.3, -0.25) is 0 Å². The molecule has 1 atom stereocenters. The molecule has 0 spiro atoms. The van der Waals surface area contributed by atoms with Crippen LogP contribution < -0.4 is 5.32 Å². The van der Waals surface area contributed by atoms with Crippen molar-refractivity contribution in [2.75, 3.05) is 19.8 Å². The maximum atomic E-state index is 6.14. The van der Waals surface area contributed by atoms with Crippen molar-refractivity contribution in [3.63, 3.8) is 0 Å². The zero-order valence-corrected chi connectivity index (χ0v) is 21.2. The number of nitrogens with one attached hydrogen (secondary N) is 1. The minimum Gasteiger partial charge on any atom is -0.382 e. The Labute approximate surface area is 210 Å². The molecule has 1 unspecified atom stereocenters. The van der Waals surface area contributed by atoms with Crippen molar-refractivity contribution in [1.82, 2.24) is 20.4 Å². The monoisotopic (exact) mass is 496 g/mol. The fraction of sp³-hybridized carbons (Fsp3) is 0.346. The van der Waals surface area contributed by atoms with Gasteiger partial charge in [-0.05, 0) is 62.2 Å². The van der Waals surface area contributed by atoms with Crippen LogP contribution in [0.25, 0.3) is 17.0 Å². The molecule has 1 aliphatic rings. The lowest BCUT2D eigenvalue weighted by Crippen LogP contribution is -2.46. The lowest BCUT2D eigenvalue weighted by molar-refractivity contribution is 0.141. The molecule has 6 nitrogen and oxygen atoms in total. The Morgan fingerprint density at radius 1 is 1.12 bits per heavy atom. The normalized spacial score (nSPS) is 16.2. The van der Waals surface area contributed by atoms with Crippen LogP contribution in [0, 0.1) is 0 Å². The van der Waals surface area contributed by atoms with Crippen LogP contribution in [0.1, 0.15) is 50.3 Å². The molecular weight excluding hydrogens is 468 g/mol. The smallest absolute Gasteiger partial charge is 0.258 e. The molecule has 2 heterocycles. The molecule has 0 saturated carbocycles. The van der Waals surface area contributed by atoms with Crippen LogP contribution in [0.2, 0.25) is 5.02 Å². The maximum Gasteiger partial charge on any atom is 0.258 e. The van der Waals surface area contributed by atoms with Gasteiger partial charge in [-0.15, -0.1) is 0 Å². The fourth-order valence-electron chi connectivity index (χ4n) is 4.04. The number of ether oxygens (including phenoxy) is 1. The summed E-state index contributed by atoms with van der Waals surface area (Å²) in [7, 11) is 0. The number of aromatic nitrogens is 2. The lowest BCUT2D eigenvalue weighted by atomic mass is 9.95. The van der Waals surface area contributed by atoms with Crippen molar-refractivity contribution < 1.29 is 9.26 Å². The average molecular weight is 497 g/mol. The van der Waals surface area contributed by atoms with E-state index in [9.17, 15) is 0 Å². The minimum absolute atomic E-state index is 0.233. The standard InChI is InChI=1S/C26H29ClN4O2S/c1-4-18-7-9-20(10-8-18)24-29-25(33-30-24)22-17(3)31(15-6-16-32-5-2)26(34)28-23(22)19-11-13-21(27)14-12-19/h7-14,23H,4-6,15-16H2,1-3H3,(H,28,34). The highest BCUT2D eigenvalue weighted by atomic mass is 35.5. The Balaban J connectivity index is 1.71. The van der Waals surface area contributed by atoms with Gasteiger partial charge in [-0.2, -0.15) is 4.98 Å². The van der Waals surface area contributed by atoms with Crippen molar-refractivity contribution >= 4 is 34.5 Å². The summed E-state index contributed by atoms with van der Waals surface area (Å²) in [6.45, 7) is 8.28. The number of aryl methyl sites for hydroxylation is 1. The van der Waals surface area contributed by atoms with E-state index in [1.165, 1.54) is 5.56 Å². The van der Waals surface area contributed by atoms with Gasteiger partial charge in [0.05, 0.1) is 11.6 Å². The molecule has 178 valence electrons. The molecule has 1 N–H and O–H groups in total. The van der Waals surface area contributed by atoms with Crippen molar-refractivity contribution in [2.24, 2.45) is 0 Å². The van der Waals surface area contributed by atoms with E-state index in [-0.39, 0.29) is 6.04 Å². The van der Waals surface area contributed by atoms with Crippen LogP contribution in [-0.2, 0) is 11.2 Å². The number of allylic oxidation sites excluding steroid dienone is 1. The van der Waals surface area contributed by atoms with Gasteiger partial charge >= 0.3 is 0 Å². The van der Waals surface area contributed by atoms with E-state index in [4.69, 9.17) is 38.1 Å². The molecular formula is C26H29ClN4O2S. The maximum absolute atomic E-state index is 6.14. The van der Waals surface area contributed by atoms with Crippen molar-refractivity contribution in [1.29, 1.82) is 0 Å². The SMILES string of the molecule is CCOCCCN1C(=S)NC(c2ccc(Cl)cc2)C(c2nc(-c3ccc(CC)cc3)no2)=C1C. The molecule has 1 aliphatic heterocycles. The van der Waals surface area contributed by atoms with Crippen LogP contribution in [0.4, 0.5) is 0 Å². The number of rotatable bonds is 9. The number of hydrogen-bond acceptors (Lipinski definition) is 5. The largest absolute Gasteiger partial charge is 0.382 e. The summed E-state index contributed by atoms with van der Waals surface area (Å²) in [5, 5.41) is 9.10. The van der Waals surface area contributed by atoms with Gasteiger partial charge in [0.15, 0.2) is 5.11 Å². The van der Waals surface area contributed by atoms with Gasteiger partial charge in [0.25, 0.3) is 5.89 Å². The first-order chi connectivity index (χ1) is 16.5. The van der Waals surface area contributed by atoms with Crippen LogP contribution in [0.3, 0.4) is 0 Å². The summed E-state index contributed by atoms with van der Waals surface area (Å²) in [6, 6.07) is 15.7. The summed E-state index contributed by atoms with van der Waals surface area (Å²) >= 11 is 11.9. The average Bonchev–Trinajstić information content (AvgIpc) is 3.33. The zero-order valence-electron chi connectivity index (χ0n) is 19.7. The zero-order chi connectivity index (χ0) is 24.1. The van der Waals surface area contributed by atoms with Gasteiger partial charge in [0.1, 0.15) is 0 Å². The van der Waals surface area contributed by atoms with Crippen molar-refractivity contribution in [3.05, 3.63) is 76.3 Å². The third-order valence-electron chi connectivity index (χ3n) is 5.95. The third-order valence-corrected chi connectivity index (χ3v) is 6.54. The van der Waals surface area contributed by atoms with Crippen LogP contribution in [-0.4, -0.2) is 39.9 Å². The van der Waals surface area contributed by atoms with Gasteiger partial charge in [-0.25, -0.2) is 0 Å². The molecule has 0 saturated heterocycles. The summed E-state index contributed by atoms with van der Waals surface area (Å²) < 4.78 is 11.3. The van der Waals surface area contributed by atoms with E-state index in [0.717, 1.165) is 41.8 Å². The molecule has 0 aliphatic carbocycles. The van der Waals surface area contributed by atoms with E-state index in [2.05, 4.69) is 34.4 Å². The van der Waals surface area contributed by atoms with Gasteiger partial charge in [0.2, 0.25) is 5.82 Å². The van der Waals surface area contributed by atoms with Gasteiger partial charge in [0, 0.05) is 36.0 Å². The number of thiocarbonyl (C=S) groups is 1. The molecule has 34 heavy (non-hydrogen) atoms. The molecule has 3 aromatic rings. The minimum atomic E-state index is -0.233. The predicted octanol–water partition coefficient (Wildman–Crippen LogP) is 6.04. The second-order valence-electron chi connectivity index (χ2n) is 8.11. The molecule has 8 heteroatoms. The molecule has 2 aromatic carbocycles. The highest BCUT2D eigenvalue weighted by Crippen LogP contribution is 2.37. The van der Waals surface area contributed by atoms with Crippen LogP contribution in [0.5, 0.6) is 0 Å². The summed E-state index contributed by atoms with van der Waals surface area (Å²) in [6.07, 6.45) is 1.84. The summed E-state index contributed by atoms with van der Waals surface area (Å²) in [4.78, 5) is 6.86. The lowest BCUT2D eigenvalue weighted by Gasteiger charge is -2.37. The van der Waals surface area contributed by atoms with E-state index in [1.807, 2.05) is 50.2 Å². The molecule has 0 bridgehead atoms. The number of nitrogens with zero attached hydrogens (tertiary/aromatic N) is 3. The van der Waals surface area contributed by atoms with E-state index < -0.39 is 0 Å². The molecule has 1 aromatic heterocycles. The number of halogens is 1. The van der Waals surface area contributed by atoms with Gasteiger partial charge in [-0.1, -0.05) is 60.1 Å². The third kappa shape index (κ3) is 5.32. The highest BCUT2D eigenvalue weighted by Gasteiger charge is 2.33. The Bertz CT molecular complexity index is 1160. The van der Waals surface area contributed by atoms with Crippen LogP contribution >= 0.6 is 23.8 Å². The second kappa shape index (κ2) is 11.1. The molecule has 0 radical (unpaired) electrons. The fourth-order valence-corrected chi connectivity index (χ4v) is 4.51. The molecule has 0 fully saturated rings. The second-order valence-corrected chi connectivity index (χ2v) is 8.93. The van der Waals surface area contributed by atoms with Crippen LogP contribution in [0.15, 0.2) is 58.8 Å². The van der Waals surface area contributed by atoms with Crippen molar-refractivity contribution in [2.45, 2.75) is 39.7 Å². The Hall–Kier alpha value is -2.74. The Morgan fingerprint density at radius 3 is 2.53 bits per heavy atom. The first-order valence-electron chi connectivity index (χ1n) is 11.6. The molecule has 0 amide bonds. The predicted molar refractivity (Wildman–Crippen MR) is 139 cm³/mol. The Morgan fingerprint density at radius 2 is 1.85 bits per heavy atom. The summed E-state index contributed by atoms with van der Waals surface area (Å²) in [5.74, 6) is 1.03. The highest BCUT2D eigenvalue weighted by molar-refractivity contribution is 7.80. The Kier molecular flexibility index (Phi) is 7.98. The summed E-state index contributed by atoms with van der Waals surface area (Å²) in [5.41, 5.74) is 5.08. The van der Waals surface area contributed by atoms with Crippen molar-refractivity contribution in [3.8, 4) is 11.4 Å². The molecule has 4 rings (SSSR count). The van der Waals surface area contributed by atoms with E-state index >= 15 is 0 Å². The van der Waals surface area contributed by atoms with Gasteiger partial charge < -0.3 is 19.5 Å². The number of hydrogen-bond donors (Lipinski definition) is 1. The topological polar surface area (TPSA) is 63.4 Å². The first kappa shape index (κ1) is 24.4. The van der Waals surface area contributed by atoms with E-state index in [0.29, 0.717) is 35.1 Å². The van der Waals surface area contributed by atoms with E-state index in [1.54, 1.807) is 0 Å². The first-order valence-corrected chi connectivity index (χ1v) is 12.4. The quantitative estimate of drug-likeness (QED) is 0.286. The number of benzene rings is 2.